The summed E-state index contributed by atoms with van der Waals surface area (Å²) in [5.74, 6) is -11.0. The Morgan fingerprint density at radius 1 is 0.905 bits per heavy atom. The van der Waals surface area contributed by atoms with Crippen LogP contribution in [0.2, 0.25) is 0 Å². The van der Waals surface area contributed by atoms with E-state index in [0.717, 1.165) is 0 Å². The second kappa shape index (κ2) is 7.24. The Hall–Kier alpha value is -1.86. The summed E-state index contributed by atoms with van der Waals surface area (Å²) in [4.78, 5) is 11.5. The van der Waals surface area contributed by atoms with Gasteiger partial charge in [0, 0.05) is 6.04 Å². The molecule has 0 saturated carbocycles. The lowest BCUT2D eigenvalue weighted by Crippen LogP contribution is -2.37. The van der Waals surface area contributed by atoms with Gasteiger partial charge in [-0.3, -0.25) is 4.79 Å². The van der Waals surface area contributed by atoms with Crippen LogP contribution in [0.4, 0.5) is 27.6 Å². The lowest BCUT2D eigenvalue weighted by atomic mass is 10.2. The molecule has 0 spiro atoms. The molecule has 2 N–H and O–H groups in total. The first-order valence-corrected chi connectivity index (χ1v) is 6.38. The lowest BCUT2D eigenvalue weighted by Gasteiger charge is -2.16. The molecule has 0 saturated heterocycles. The van der Waals surface area contributed by atoms with Crippen LogP contribution in [-0.4, -0.2) is 18.5 Å². The van der Waals surface area contributed by atoms with Crippen molar-refractivity contribution in [2.45, 2.75) is 32.7 Å². The van der Waals surface area contributed by atoms with E-state index in [1.54, 1.807) is 0 Å². The highest BCUT2D eigenvalue weighted by Gasteiger charge is 2.25. The second-order valence-corrected chi connectivity index (χ2v) is 4.38. The highest BCUT2D eigenvalue weighted by Crippen LogP contribution is 2.26. The highest BCUT2D eigenvalue weighted by molar-refractivity contribution is 5.81. The molecule has 0 aromatic heterocycles. The van der Waals surface area contributed by atoms with Crippen molar-refractivity contribution in [2.75, 3.05) is 11.9 Å². The van der Waals surface area contributed by atoms with Gasteiger partial charge in [-0.15, -0.1) is 0 Å². The van der Waals surface area contributed by atoms with E-state index in [1.807, 2.05) is 19.2 Å². The third-order valence-corrected chi connectivity index (χ3v) is 2.99. The van der Waals surface area contributed by atoms with Crippen LogP contribution < -0.4 is 10.6 Å². The molecule has 0 atom stereocenters. The smallest absolute Gasteiger partial charge is 0.239 e. The first-order valence-electron chi connectivity index (χ1n) is 6.38. The minimum atomic E-state index is -2.24. The van der Waals surface area contributed by atoms with Crippen LogP contribution in [-0.2, 0) is 4.79 Å². The number of halogens is 5. The number of hydrogen-bond acceptors (Lipinski definition) is 2. The molecule has 3 nitrogen and oxygen atoms in total. The van der Waals surface area contributed by atoms with Gasteiger partial charge >= 0.3 is 0 Å². The van der Waals surface area contributed by atoms with Crippen LogP contribution in [0, 0.1) is 29.1 Å². The fourth-order valence-electron chi connectivity index (χ4n) is 1.70. The maximum absolute atomic E-state index is 13.3. The molecular weight excluding hydrogens is 295 g/mol. The largest absolute Gasteiger partial charge is 0.371 e. The molecule has 1 rings (SSSR count). The number of anilines is 1. The van der Waals surface area contributed by atoms with Gasteiger partial charge in [-0.2, -0.15) is 0 Å². The zero-order valence-corrected chi connectivity index (χ0v) is 11.5. The van der Waals surface area contributed by atoms with Crippen molar-refractivity contribution in [3.63, 3.8) is 0 Å². The summed E-state index contributed by atoms with van der Waals surface area (Å²) in [6.07, 6.45) is 1.32. The van der Waals surface area contributed by atoms with Crippen LogP contribution >= 0.6 is 0 Å². The summed E-state index contributed by atoms with van der Waals surface area (Å²) < 4.78 is 65.4. The van der Waals surface area contributed by atoms with Crippen LogP contribution in [0.5, 0.6) is 0 Å². The summed E-state index contributed by atoms with van der Waals surface area (Å²) in [7, 11) is 0. The molecule has 1 aromatic carbocycles. The van der Waals surface area contributed by atoms with Crippen molar-refractivity contribution in [1.82, 2.24) is 5.32 Å². The van der Waals surface area contributed by atoms with E-state index < -0.39 is 47.2 Å². The third kappa shape index (κ3) is 3.83. The Morgan fingerprint density at radius 2 is 1.33 bits per heavy atom. The quantitative estimate of drug-likeness (QED) is 0.481. The molecule has 0 fully saturated rings. The molecule has 0 heterocycles. The molecule has 1 amide bonds. The summed E-state index contributed by atoms with van der Waals surface area (Å²) in [5.41, 5.74) is -1.22. The van der Waals surface area contributed by atoms with E-state index >= 15 is 0 Å². The van der Waals surface area contributed by atoms with Crippen molar-refractivity contribution in [3.8, 4) is 0 Å². The number of carbonyl (C=O) groups excluding carboxylic acids is 1. The molecular formula is C13H15F5N2O. The molecule has 0 bridgehead atoms. The van der Waals surface area contributed by atoms with E-state index in [4.69, 9.17) is 0 Å². The third-order valence-electron chi connectivity index (χ3n) is 2.99. The molecule has 1 aromatic rings. The van der Waals surface area contributed by atoms with E-state index in [2.05, 4.69) is 5.32 Å². The fourth-order valence-corrected chi connectivity index (χ4v) is 1.70. The van der Waals surface area contributed by atoms with Gasteiger partial charge in [0.25, 0.3) is 0 Å². The van der Waals surface area contributed by atoms with Crippen molar-refractivity contribution >= 4 is 11.6 Å². The molecule has 0 aliphatic rings. The first-order chi connectivity index (χ1) is 9.83. The zero-order valence-electron chi connectivity index (χ0n) is 11.5. The Labute approximate surface area is 118 Å². The van der Waals surface area contributed by atoms with E-state index in [1.165, 1.54) is 0 Å². The van der Waals surface area contributed by atoms with Gasteiger partial charge in [-0.25, -0.2) is 22.0 Å². The SMILES string of the molecule is CCC(CC)NC(=O)CNc1c(F)c(F)c(F)c(F)c1F. The molecule has 118 valence electrons. The first kappa shape index (κ1) is 17.2. The predicted octanol–water partition coefficient (Wildman–Crippen LogP) is 3.10. The second-order valence-electron chi connectivity index (χ2n) is 4.38. The number of amides is 1. The molecule has 0 unspecified atom stereocenters. The highest BCUT2D eigenvalue weighted by atomic mass is 19.2. The van der Waals surface area contributed by atoms with Gasteiger partial charge in [0.15, 0.2) is 23.3 Å². The number of rotatable bonds is 6. The Bertz CT molecular complexity index is 503. The average molecular weight is 310 g/mol. The minimum absolute atomic E-state index is 0.115. The van der Waals surface area contributed by atoms with Crippen molar-refractivity contribution < 1.29 is 26.7 Å². The molecule has 21 heavy (non-hydrogen) atoms. The number of carbonyl (C=O) groups is 1. The van der Waals surface area contributed by atoms with Crippen LogP contribution in [0.3, 0.4) is 0 Å². The van der Waals surface area contributed by atoms with E-state index in [0.29, 0.717) is 12.8 Å². The zero-order chi connectivity index (χ0) is 16.2. The number of hydrogen-bond donors (Lipinski definition) is 2. The normalized spacial score (nSPS) is 10.9. The van der Waals surface area contributed by atoms with Crippen molar-refractivity contribution in [2.24, 2.45) is 0 Å². The maximum Gasteiger partial charge on any atom is 0.239 e. The minimum Gasteiger partial charge on any atom is -0.371 e. The monoisotopic (exact) mass is 310 g/mol. The van der Waals surface area contributed by atoms with Crippen molar-refractivity contribution in [1.29, 1.82) is 0 Å². The van der Waals surface area contributed by atoms with Gasteiger partial charge in [-0.05, 0) is 12.8 Å². The van der Waals surface area contributed by atoms with Crippen molar-refractivity contribution in [3.05, 3.63) is 29.1 Å². The summed E-state index contributed by atoms with van der Waals surface area (Å²) >= 11 is 0. The summed E-state index contributed by atoms with van der Waals surface area (Å²) in [5, 5.41) is 4.49. The molecule has 8 heteroatoms. The topological polar surface area (TPSA) is 41.1 Å². The van der Waals surface area contributed by atoms with E-state index in [9.17, 15) is 26.7 Å². The Kier molecular flexibility index (Phi) is 5.92. The average Bonchev–Trinajstić information content (AvgIpc) is 2.48. The van der Waals surface area contributed by atoms with E-state index in [-0.39, 0.29) is 6.04 Å². The van der Waals surface area contributed by atoms with Crippen LogP contribution in [0.1, 0.15) is 26.7 Å². The van der Waals surface area contributed by atoms with Gasteiger partial charge in [0.05, 0.1) is 6.54 Å². The van der Waals surface area contributed by atoms with Crippen LogP contribution in [0.15, 0.2) is 0 Å². The lowest BCUT2D eigenvalue weighted by molar-refractivity contribution is -0.120. The molecule has 0 aliphatic carbocycles. The maximum atomic E-state index is 13.3. The van der Waals surface area contributed by atoms with Gasteiger partial charge in [-0.1, -0.05) is 13.8 Å². The number of benzene rings is 1. The van der Waals surface area contributed by atoms with Crippen LogP contribution in [0.25, 0.3) is 0 Å². The fraction of sp³-hybridized carbons (Fsp3) is 0.462. The van der Waals surface area contributed by atoms with Gasteiger partial charge in [0.2, 0.25) is 11.7 Å². The summed E-state index contributed by atoms with van der Waals surface area (Å²) in [6.45, 7) is 3.08. The number of nitrogens with one attached hydrogen (secondary N) is 2. The molecule has 0 aliphatic heterocycles. The predicted molar refractivity (Wildman–Crippen MR) is 67.2 cm³/mol. The molecule has 0 radical (unpaired) electrons. The standard InChI is InChI=1S/C13H15F5N2O/c1-3-6(4-2)20-7(21)5-19-13-11(17)9(15)8(14)10(16)12(13)18/h6,19H,3-5H2,1-2H3,(H,20,21). The summed E-state index contributed by atoms with van der Waals surface area (Å²) in [6, 6.07) is -0.115. The van der Waals surface area contributed by atoms with Gasteiger partial charge in [0.1, 0.15) is 5.69 Å². The van der Waals surface area contributed by atoms with Gasteiger partial charge < -0.3 is 10.6 Å². The Balaban J connectivity index is 2.83. The Morgan fingerprint density at radius 3 is 1.76 bits per heavy atom.